The van der Waals surface area contributed by atoms with E-state index in [4.69, 9.17) is 0 Å². The maximum Gasteiger partial charge on any atom is 0.327 e. The molecule has 1 N–H and O–H groups in total. The van der Waals surface area contributed by atoms with E-state index in [1.165, 1.54) is 10.9 Å². The third kappa shape index (κ3) is 2.02. The summed E-state index contributed by atoms with van der Waals surface area (Å²) in [7, 11) is 0. The lowest BCUT2D eigenvalue weighted by Crippen LogP contribution is -2.36. The number of carbonyl (C=O) groups excluding carboxylic acids is 1. The van der Waals surface area contributed by atoms with E-state index in [9.17, 15) is 4.79 Å². The van der Waals surface area contributed by atoms with Crippen LogP contribution < -0.4 is 5.32 Å². The number of nitrogens with one attached hydrogen (secondary N) is 1. The Labute approximate surface area is 82.6 Å². The molecule has 0 spiro atoms. The van der Waals surface area contributed by atoms with E-state index < -0.39 is 0 Å². The highest BCUT2D eigenvalue weighted by Gasteiger charge is 2.11. The highest BCUT2D eigenvalue weighted by Crippen LogP contribution is 2.09. The van der Waals surface area contributed by atoms with E-state index in [0.717, 1.165) is 19.3 Å². The lowest BCUT2D eigenvalue weighted by molar-refractivity contribution is 0.239. The summed E-state index contributed by atoms with van der Waals surface area (Å²) in [6.45, 7) is 0. The molecular formula is C10H13N3O. The first-order valence-corrected chi connectivity index (χ1v) is 4.82. The molecule has 4 heteroatoms. The first-order valence-electron chi connectivity index (χ1n) is 4.82. The van der Waals surface area contributed by atoms with Crippen molar-refractivity contribution in [1.82, 2.24) is 14.9 Å². The Bertz CT molecular complexity index is 329. The number of carbonyl (C=O) groups is 1. The van der Waals surface area contributed by atoms with E-state index in [1.807, 2.05) is 0 Å². The first kappa shape index (κ1) is 8.99. The zero-order chi connectivity index (χ0) is 9.80. The van der Waals surface area contributed by atoms with Crippen LogP contribution in [-0.2, 0) is 0 Å². The number of amides is 1. The lowest BCUT2D eigenvalue weighted by Gasteiger charge is -2.17. The molecule has 0 radical (unpaired) electrons. The molecule has 0 saturated carbocycles. The second kappa shape index (κ2) is 4.09. The van der Waals surface area contributed by atoms with Gasteiger partial charge in [0.25, 0.3) is 0 Å². The van der Waals surface area contributed by atoms with E-state index in [1.54, 1.807) is 12.4 Å². The summed E-state index contributed by atoms with van der Waals surface area (Å²) >= 11 is 0. The summed E-state index contributed by atoms with van der Waals surface area (Å²) in [4.78, 5) is 15.4. The highest BCUT2D eigenvalue weighted by atomic mass is 16.2. The Morgan fingerprint density at radius 2 is 2.50 bits per heavy atom. The summed E-state index contributed by atoms with van der Waals surface area (Å²) in [6, 6.07) is 0.0673. The Morgan fingerprint density at radius 1 is 1.57 bits per heavy atom. The van der Waals surface area contributed by atoms with Crippen LogP contribution in [0.25, 0.3) is 0 Å². The maximum absolute atomic E-state index is 11.6. The number of aromatic nitrogens is 2. The minimum atomic E-state index is -0.112. The SMILES string of the molecule is O=C(NC1C=CCCC1)n1ccnc1. The largest absolute Gasteiger partial charge is 0.331 e. The molecule has 0 saturated heterocycles. The molecule has 0 aromatic carbocycles. The van der Waals surface area contributed by atoms with Gasteiger partial charge in [-0.1, -0.05) is 12.2 Å². The van der Waals surface area contributed by atoms with Crippen LogP contribution >= 0.6 is 0 Å². The number of nitrogens with zero attached hydrogens (tertiary/aromatic N) is 2. The van der Waals surface area contributed by atoms with Crippen LogP contribution in [0.15, 0.2) is 30.9 Å². The molecule has 1 aromatic heterocycles. The molecule has 0 bridgehead atoms. The molecule has 1 amide bonds. The van der Waals surface area contributed by atoms with Crippen molar-refractivity contribution in [2.45, 2.75) is 25.3 Å². The van der Waals surface area contributed by atoms with E-state index in [0.29, 0.717) is 0 Å². The molecule has 14 heavy (non-hydrogen) atoms. The summed E-state index contributed by atoms with van der Waals surface area (Å²) in [6.07, 6.45) is 12.2. The van der Waals surface area contributed by atoms with Crippen molar-refractivity contribution >= 4 is 6.03 Å². The van der Waals surface area contributed by atoms with Crippen molar-refractivity contribution in [2.24, 2.45) is 0 Å². The monoisotopic (exact) mass is 191 g/mol. The average molecular weight is 191 g/mol. The second-order valence-corrected chi connectivity index (χ2v) is 3.38. The third-order valence-electron chi connectivity index (χ3n) is 2.30. The Hall–Kier alpha value is -1.58. The van der Waals surface area contributed by atoms with Gasteiger partial charge >= 0.3 is 6.03 Å². The minimum Gasteiger partial charge on any atom is -0.331 e. The number of hydrogen-bond donors (Lipinski definition) is 1. The van der Waals surface area contributed by atoms with Crippen molar-refractivity contribution in [3.8, 4) is 0 Å². The van der Waals surface area contributed by atoms with Crippen LogP contribution in [-0.4, -0.2) is 21.6 Å². The van der Waals surface area contributed by atoms with Crippen LogP contribution in [0.1, 0.15) is 19.3 Å². The van der Waals surface area contributed by atoms with Gasteiger partial charge in [0, 0.05) is 18.4 Å². The lowest BCUT2D eigenvalue weighted by atomic mass is 10.0. The second-order valence-electron chi connectivity index (χ2n) is 3.38. The van der Waals surface area contributed by atoms with Crippen LogP contribution in [0.2, 0.25) is 0 Å². The normalized spacial score (nSPS) is 20.7. The molecule has 0 aliphatic heterocycles. The quantitative estimate of drug-likeness (QED) is 0.684. The van der Waals surface area contributed by atoms with Crippen molar-refractivity contribution in [3.05, 3.63) is 30.9 Å². The fraction of sp³-hybridized carbons (Fsp3) is 0.400. The first-order chi connectivity index (χ1) is 6.86. The zero-order valence-electron chi connectivity index (χ0n) is 7.89. The molecule has 2 rings (SSSR count). The fourth-order valence-corrected chi connectivity index (χ4v) is 1.54. The van der Waals surface area contributed by atoms with Crippen LogP contribution in [0.5, 0.6) is 0 Å². The van der Waals surface area contributed by atoms with Crippen LogP contribution in [0.4, 0.5) is 4.79 Å². The van der Waals surface area contributed by atoms with Crippen LogP contribution in [0.3, 0.4) is 0 Å². The molecular weight excluding hydrogens is 178 g/mol. The van der Waals surface area contributed by atoms with E-state index in [2.05, 4.69) is 22.5 Å². The van der Waals surface area contributed by atoms with Crippen molar-refractivity contribution in [3.63, 3.8) is 0 Å². The zero-order valence-corrected chi connectivity index (χ0v) is 7.89. The van der Waals surface area contributed by atoms with Gasteiger partial charge < -0.3 is 5.32 Å². The van der Waals surface area contributed by atoms with Gasteiger partial charge in [-0.05, 0) is 19.3 Å². The highest BCUT2D eigenvalue weighted by molar-refractivity contribution is 5.76. The van der Waals surface area contributed by atoms with E-state index in [-0.39, 0.29) is 12.1 Å². The molecule has 1 aromatic rings. The summed E-state index contributed by atoms with van der Waals surface area (Å²) < 4.78 is 1.45. The van der Waals surface area contributed by atoms with E-state index >= 15 is 0 Å². The topological polar surface area (TPSA) is 46.9 Å². The number of allylic oxidation sites excluding steroid dienone is 1. The maximum atomic E-state index is 11.6. The van der Waals surface area contributed by atoms with Gasteiger partial charge in [0.15, 0.2) is 0 Å². The predicted molar refractivity (Wildman–Crippen MR) is 52.9 cm³/mol. The van der Waals surface area contributed by atoms with Gasteiger partial charge in [0.05, 0.1) is 0 Å². The van der Waals surface area contributed by atoms with Gasteiger partial charge in [0.2, 0.25) is 0 Å². The number of imidazole rings is 1. The van der Waals surface area contributed by atoms with Crippen LogP contribution in [0, 0.1) is 0 Å². The Kier molecular flexibility index (Phi) is 2.62. The summed E-state index contributed by atoms with van der Waals surface area (Å²) in [5, 5.41) is 2.92. The molecule has 1 aliphatic carbocycles. The molecule has 1 atom stereocenters. The fourth-order valence-electron chi connectivity index (χ4n) is 1.54. The molecule has 74 valence electrons. The summed E-state index contributed by atoms with van der Waals surface area (Å²) in [5.41, 5.74) is 0. The van der Waals surface area contributed by atoms with Gasteiger partial charge in [-0.25, -0.2) is 9.78 Å². The van der Waals surface area contributed by atoms with Crippen molar-refractivity contribution in [1.29, 1.82) is 0 Å². The molecule has 1 unspecified atom stereocenters. The Morgan fingerprint density at radius 3 is 3.14 bits per heavy atom. The number of rotatable bonds is 1. The Balaban J connectivity index is 1.94. The van der Waals surface area contributed by atoms with Gasteiger partial charge in [-0.15, -0.1) is 0 Å². The number of hydrogen-bond acceptors (Lipinski definition) is 2. The molecule has 0 fully saturated rings. The minimum absolute atomic E-state index is 0.112. The predicted octanol–water partition coefficient (Wildman–Crippen LogP) is 1.55. The van der Waals surface area contributed by atoms with Crippen molar-refractivity contribution < 1.29 is 4.79 Å². The molecule has 4 nitrogen and oxygen atoms in total. The molecule has 1 heterocycles. The third-order valence-corrected chi connectivity index (χ3v) is 2.30. The van der Waals surface area contributed by atoms with Gasteiger partial charge in [-0.2, -0.15) is 0 Å². The van der Waals surface area contributed by atoms with Crippen molar-refractivity contribution in [2.75, 3.05) is 0 Å². The molecule has 1 aliphatic rings. The smallest absolute Gasteiger partial charge is 0.327 e. The van der Waals surface area contributed by atoms with Gasteiger partial charge in [0.1, 0.15) is 6.33 Å². The average Bonchev–Trinajstić information content (AvgIpc) is 2.72. The summed E-state index contributed by atoms with van der Waals surface area (Å²) in [5.74, 6) is 0. The van der Waals surface area contributed by atoms with Gasteiger partial charge in [-0.3, -0.25) is 4.57 Å². The standard InChI is InChI=1S/C10H13N3O/c14-10(13-7-6-11-8-13)12-9-4-2-1-3-5-9/h2,4,6-9H,1,3,5H2,(H,12,14).